The summed E-state index contributed by atoms with van der Waals surface area (Å²) in [6, 6.07) is 7.95. The van der Waals surface area contributed by atoms with Crippen molar-refractivity contribution in [2.75, 3.05) is 5.32 Å². The van der Waals surface area contributed by atoms with Gasteiger partial charge in [0, 0.05) is 23.8 Å². The molecule has 6 heteroatoms. The fourth-order valence-electron chi connectivity index (χ4n) is 10.0. The maximum absolute atomic E-state index is 12.8. The zero-order chi connectivity index (χ0) is 26.8. The number of H-pyrrole nitrogens is 1. The zero-order valence-electron chi connectivity index (χ0n) is 23.2. The van der Waals surface area contributed by atoms with Crippen molar-refractivity contribution in [2.24, 2.45) is 46.3 Å². The van der Waals surface area contributed by atoms with Crippen LogP contribution >= 0.6 is 0 Å². The van der Waals surface area contributed by atoms with Gasteiger partial charge < -0.3 is 25.6 Å². The molecule has 1 aromatic heterocycles. The third-order valence-corrected chi connectivity index (χ3v) is 12.2. The van der Waals surface area contributed by atoms with Gasteiger partial charge in [-0.3, -0.25) is 4.79 Å². The molecular weight excluding hydrogens is 476 g/mol. The van der Waals surface area contributed by atoms with Crippen molar-refractivity contribution in [3.63, 3.8) is 0 Å². The molecule has 6 rings (SSSR count). The molecule has 4 aliphatic rings. The summed E-state index contributed by atoms with van der Waals surface area (Å²) in [5.41, 5.74) is 1.69. The molecule has 5 N–H and O–H groups in total. The largest absolute Gasteiger partial charge is 0.393 e. The van der Waals surface area contributed by atoms with Gasteiger partial charge in [-0.1, -0.05) is 26.8 Å². The van der Waals surface area contributed by atoms with Gasteiger partial charge >= 0.3 is 0 Å². The minimum absolute atomic E-state index is 0.0351. The standard InChI is InChI=1S/C32H46N2O4/c1-18(4-9-29(38)34-21-6-5-19-11-13-33-26(19)16-21)23-7-8-24-30-25(17-28(37)32(23,24)3)31(2)12-10-22(35)14-20(31)15-27(30)36/h5-6,11,13,16,18,20,22-25,27-28,30,33,35-37H,4,7-10,12,14-15,17H2,1-3H3,(H,34,38). The molecular formula is C32H46N2O4. The summed E-state index contributed by atoms with van der Waals surface area (Å²) >= 11 is 0. The van der Waals surface area contributed by atoms with Gasteiger partial charge in [-0.25, -0.2) is 0 Å². The maximum Gasteiger partial charge on any atom is 0.224 e. The maximum atomic E-state index is 12.8. The number of hydrogen-bond donors (Lipinski definition) is 5. The Bertz CT molecular complexity index is 1180. The number of aromatic nitrogens is 1. The van der Waals surface area contributed by atoms with Crippen molar-refractivity contribution in [2.45, 2.75) is 96.9 Å². The minimum Gasteiger partial charge on any atom is -0.393 e. The Hall–Kier alpha value is -1.89. The van der Waals surface area contributed by atoms with Crippen LogP contribution in [0.4, 0.5) is 5.69 Å². The SMILES string of the molecule is CC(CCC(=O)Nc1ccc2cc[nH]c2c1)C1CCC2C3C(O)CC4CC(O)CCC4(C)C3CC(O)C12C. The van der Waals surface area contributed by atoms with E-state index >= 15 is 0 Å². The van der Waals surface area contributed by atoms with E-state index in [1.807, 2.05) is 30.5 Å². The predicted molar refractivity (Wildman–Crippen MR) is 149 cm³/mol. The molecule has 0 aliphatic heterocycles. The Labute approximate surface area is 226 Å². The van der Waals surface area contributed by atoms with E-state index in [-0.39, 0.29) is 41.0 Å². The molecule has 6 nitrogen and oxygen atoms in total. The van der Waals surface area contributed by atoms with Crippen molar-refractivity contribution in [1.29, 1.82) is 0 Å². The number of aromatic amines is 1. The lowest BCUT2D eigenvalue weighted by Gasteiger charge is -2.63. The molecule has 38 heavy (non-hydrogen) atoms. The molecule has 1 heterocycles. The van der Waals surface area contributed by atoms with E-state index in [4.69, 9.17) is 0 Å². The van der Waals surface area contributed by atoms with Crippen LogP contribution in [0.25, 0.3) is 10.9 Å². The highest BCUT2D eigenvalue weighted by Crippen LogP contribution is 2.68. The monoisotopic (exact) mass is 522 g/mol. The molecule has 208 valence electrons. The van der Waals surface area contributed by atoms with Crippen LogP contribution in [0, 0.1) is 46.3 Å². The van der Waals surface area contributed by atoms with Gasteiger partial charge in [0.15, 0.2) is 0 Å². The topological polar surface area (TPSA) is 106 Å². The number of carbonyl (C=O) groups excluding carboxylic acids is 1. The fourth-order valence-corrected chi connectivity index (χ4v) is 10.0. The van der Waals surface area contributed by atoms with Crippen molar-refractivity contribution in [3.8, 4) is 0 Å². The van der Waals surface area contributed by atoms with Gasteiger partial charge in [-0.15, -0.1) is 0 Å². The van der Waals surface area contributed by atoms with E-state index in [1.165, 1.54) is 0 Å². The number of aliphatic hydroxyl groups excluding tert-OH is 3. The molecule has 1 amide bonds. The molecule has 0 bridgehead atoms. The highest BCUT2D eigenvalue weighted by atomic mass is 16.3. The van der Waals surface area contributed by atoms with Gasteiger partial charge in [-0.2, -0.15) is 0 Å². The Kier molecular flexibility index (Phi) is 6.68. The summed E-state index contributed by atoms with van der Waals surface area (Å²) < 4.78 is 0. The Balaban J connectivity index is 1.13. The molecule has 4 saturated carbocycles. The number of anilines is 1. The number of nitrogens with one attached hydrogen (secondary N) is 2. The molecule has 4 aliphatic carbocycles. The van der Waals surface area contributed by atoms with Crippen LogP contribution in [0.1, 0.15) is 78.6 Å². The number of carbonyl (C=O) groups is 1. The van der Waals surface area contributed by atoms with E-state index in [0.717, 1.165) is 68.0 Å². The smallest absolute Gasteiger partial charge is 0.224 e. The molecule has 1 aromatic carbocycles. The average molecular weight is 523 g/mol. The summed E-state index contributed by atoms with van der Waals surface area (Å²) in [4.78, 5) is 16.0. The van der Waals surface area contributed by atoms with E-state index in [0.29, 0.717) is 36.0 Å². The van der Waals surface area contributed by atoms with Crippen LogP contribution in [0.5, 0.6) is 0 Å². The Morgan fingerprint density at radius 1 is 1.08 bits per heavy atom. The lowest BCUT2D eigenvalue weighted by atomic mass is 9.43. The molecule has 11 unspecified atom stereocenters. The number of rotatable bonds is 5. The third kappa shape index (κ3) is 4.13. The average Bonchev–Trinajstić information content (AvgIpc) is 3.49. The number of benzene rings is 1. The van der Waals surface area contributed by atoms with Gasteiger partial charge in [0.2, 0.25) is 5.91 Å². The highest BCUT2D eigenvalue weighted by molar-refractivity contribution is 5.93. The van der Waals surface area contributed by atoms with Crippen molar-refractivity contribution in [3.05, 3.63) is 30.5 Å². The van der Waals surface area contributed by atoms with Crippen molar-refractivity contribution < 1.29 is 20.1 Å². The first kappa shape index (κ1) is 26.3. The number of hydrogen-bond acceptors (Lipinski definition) is 4. The van der Waals surface area contributed by atoms with E-state index in [2.05, 4.69) is 31.1 Å². The van der Waals surface area contributed by atoms with Crippen molar-refractivity contribution >= 4 is 22.5 Å². The van der Waals surface area contributed by atoms with Crippen molar-refractivity contribution in [1.82, 2.24) is 4.98 Å². The van der Waals surface area contributed by atoms with Crippen LogP contribution in [0.2, 0.25) is 0 Å². The van der Waals surface area contributed by atoms with Gasteiger partial charge in [0.1, 0.15) is 0 Å². The third-order valence-electron chi connectivity index (χ3n) is 12.2. The Morgan fingerprint density at radius 2 is 1.89 bits per heavy atom. The summed E-state index contributed by atoms with van der Waals surface area (Å²) in [7, 11) is 0. The lowest BCUT2D eigenvalue weighted by molar-refractivity contribution is -0.207. The molecule has 4 fully saturated rings. The van der Waals surface area contributed by atoms with Crippen LogP contribution in [-0.2, 0) is 4.79 Å². The molecule has 0 spiro atoms. The highest BCUT2D eigenvalue weighted by Gasteiger charge is 2.65. The molecule has 11 atom stereocenters. The number of fused-ring (bicyclic) bond motifs is 6. The number of amides is 1. The predicted octanol–water partition coefficient (Wildman–Crippen LogP) is 5.48. The first-order valence-corrected chi connectivity index (χ1v) is 15.0. The normalized spacial score (nSPS) is 43.2. The second kappa shape index (κ2) is 9.64. The minimum atomic E-state index is -0.389. The number of aliphatic hydroxyl groups is 3. The van der Waals surface area contributed by atoms with Gasteiger partial charge in [-0.05, 0) is 121 Å². The molecule has 0 radical (unpaired) electrons. The van der Waals surface area contributed by atoms with Crippen LogP contribution in [0.3, 0.4) is 0 Å². The Morgan fingerprint density at radius 3 is 2.71 bits per heavy atom. The van der Waals surface area contributed by atoms with Gasteiger partial charge in [0.25, 0.3) is 0 Å². The summed E-state index contributed by atoms with van der Waals surface area (Å²) in [5, 5.41) is 37.8. The van der Waals surface area contributed by atoms with Crippen LogP contribution in [-0.4, -0.2) is 44.5 Å². The first-order chi connectivity index (χ1) is 18.1. The molecule has 2 aromatic rings. The summed E-state index contributed by atoms with van der Waals surface area (Å²) in [6.45, 7) is 6.92. The van der Waals surface area contributed by atoms with E-state index in [1.54, 1.807) is 0 Å². The zero-order valence-corrected chi connectivity index (χ0v) is 23.2. The molecule has 0 saturated heterocycles. The van der Waals surface area contributed by atoms with E-state index < -0.39 is 0 Å². The quantitative estimate of drug-likeness (QED) is 0.358. The van der Waals surface area contributed by atoms with E-state index in [9.17, 15) is 20.1 Å². The summed E-state index contributed by atoms with van der Waals surface area (Å²) in [5.74, 6) is 1.89. The van der Waals surface area contributed by atoms with Crippen LogP contribution < -0.4 is 5.32 Å². The summed E-state index contributed by atoms with van der Waals surface area (Å²) in [6.07, 6.45) is 8.44. The first-order valence-electron chi connectivity index (χ1n) is 15.0. The second-order valence-electron chi connectivity index (χ2n) is 13.9. The fraction of sp³-hybridized carbons (Fsp3) is 0.719. The van der Waals surface area contributed by atoms with Crippen LogP contribution in [0.15, 0.2) is 30.5 Å². The lowest BCUT2D eigenvalue weighted by Crippen LogP contribution is -2.62. The second-order valence-corrected chi connectivity index (χ2v) is 13.9. The van der Waals surface area contributed by atoms with Gasteiger partial charge in [0.05, 0.1) is 18.3 Å².